The van der Waals surface area contributed by atoms with E-state index in [0.717, 1.165) is 49.2 Å². The van der Waals surface area contributed by atoms with Gasteiger partial charge in [-0.15, -0.1) is 0 Å². The monoisotopic (exact) mass is 494 g/mol. The second-order valence-electron chi connectivity index (χ2n) is 12.6. The first kappa shape index (κ1) is 23.9. The van der Waals surface area contributed by atoms with Crippen LogP contribution in [0.3, 0.4) is 0 Å². The van der Waals surface area contributed by atoms with Crippen LogP contribution in [0, 0.1) is 50.5 Å². The second-order valence-corrected chi connectivity index (χ2v) is 12.6. The lowest BCUT2D eigenvalue weighted by atomic mass is 9.47. The molecule has 3 fully saturated rings. The van der Waals surface area contributed by atoms with Gasteiger partial charge in [-0.3, -0.25) is 10.1 Å². The molecule has 0 amide bonds. The first-order chi connectivity index (χ1) is 17.2. The van der Waals surface area contributed by atoms with Gasteiger partial charge >= 0.3 is 5.69 Å². The zero-order chi connectivity index (χ0) is 25.2. The summed E-state index contributed by atoms with van der Waals surface area (Å²) >= 11 is 0. The third-order valence-corrected chi connectivity index (χ3v) is 11.0. The van der Waals surface area contributed by atoms with Crippen molar-refractivity contribution in [3.05, 3.63) is 33.9 Å². The summed E-state index contributed by atoms with van der Waals surface area (Å²) in [7, 11) is 0. The first-order valence-corrected chi connectivity index (χ1v) is 13.7. The van der Waals surface area contributed by atoms with Gasteiger partial charge in [0.15, 0.2) is 5.52 Å². The van der Waals surface area contributed by atoms with Gasteiger partial charge < -0.3 is 10.4 Å². The van der Waals surface area contributed by atoms with Gasteiger partial charge in [-0.2, -0.15) is 0 Å². The molecule has 0 aliphatic heterocycles. The van der Waals surface area contributed by atoms with Gasteiger partial charge in [-0.25, -0.2) is 4.63 Å². The molecule has 36 heavy (non-hydrogen) atoms. The number of nitro benzene ring substituents is 1. The van der Waals surface area contributed by atoms with E-state index >= 15 is 0 Å². The topological polar surface area (TPSA) is 114 Å². The second kappa shape index (κ2) is 8.54. The van der Waals surface area contributed by atoms with Crippen molar-refractivity contribution in [3.63, 3.8) is 0 Å². The third kappa shape index (κ3) is 3.51. The third-order valence-electron chi connectivity index (χ3n) is 11.0. The number of aliphatic hydroxyl groups is 1. The van der Waals surface area contributed by atoms with Gasteiger partial charge in [0.1, 0.15) is 0 Å². The summed E-state index contributed by atoms with van der Waals surface area (Å²) in [5, 5.41) is 32.8. The predicted octanol–water partition coefficient (Wildman–Crippen LogP) is 6.12. The highest BCUT2D eigenvalue weighted by Gasteiger charge is 2.59. The summed E-state index contributed by atoms with van der Waals surface area (Å²) < 4.78 is 4.83. The normalized spacial score (nSPS) is 38.6. The Morgan fingerprint density at radius 2 is 1.97 bits per heavy atom. The van der Waals surface area contributed by atoms with Crippen molar-refractivity contribution in [1.29, 1.82) is 0 Å². The molecular weight excluding hydrogens is 456 g/mol. The fourth-order valence-corrected chi connectivity index (χ4v) is 9.17. The summed E-state index contributed by atoms with van der Waals surface area (Å²) in [4.78, 5) is 10.9. The van der Waals surface area contributed by atoms with Crippen molar-refractivity contribution in [2.24, 2.45) is 40.4 Å². The largest absolute Gasteiger partial charge is 0.393 e. The molecule has 1 aromatic carbocycles. The summed E-state index contributed by atoms with van der Waals surface area (Å²) in [6.07, 6.45) is 11.7. The number of hydrogen-bond donors (Lipinski definition) is 2. The van der Waals surface area contributed by atoms with E-state index < -0.39 is 4.92 Å². The van der Waals surface area contributed by atoms with E-state index in [4.69, 9.17) is 4.63 Å². The Morgan fingerprint density at radius 1 is 1.17 bits per heavy atom. The van der Waals surface area contributed by atoms with Crippen LogP contribution < -0.4 is 5.32 Å². The smallest absolute Gasteiger partial charge is 0.300 e. The molecule has 4 aliphatic carbocycles. The molecule has 2 N–H and O–H groups in total. The Hall–Kier alpha value is -2.48. The molecule has 0 radical (unpaired) electrons. The molecule has 3 saturated carbocycles. The molecule has 8 atom stereocenters. The van der Waals surface area contributed by atoms with E-state index in [0.29, 0.717) is 22.8 Å². The molecule has 194 valence electrons. The minimum Gasteiger partial charge on any atom is -0.393 e. The maximum absolute atomic E-state index is 11.3. The number of fused-ring (bicyclic) bond motifs is 6. The van der Waals surface area contributed by atoms with Gasteiger partial charge in [-0.05, 0) is 108 Å². The number of benzene rings is 1. The molecule has 0 saturated heterocycles. The van der Waals surface area contributed by atoms with Crippen molar-refractivity contribution < 1.29 is 14.7 Å². The first-order valence-electron chi connectivity index (χ1n) is 13.7. The van der Waals surface area contributed by atoms with E-state index in [1.54, 1.807) is 6.07 Å². The molecule has 6 rings (SSSR count). The van der Waals surface area contributed by atoms with Crippen molar-refractivity contribution in [2.45, 2.75) is 78.2 Å². The number of hydrogen-bond acceptors (Lipinski definition) is 7. The molecule has 8 heteroatoms. The Morgan fingerprint density at radius 3 is 2.78 bits per heavy atom. The van der Waals surface area contributed by atoms with Gasteiger partial charge in [0.05, 0.1) is 16.7 Å². The average molecular weight is 495 g/mol. The van der Waals surface area contributed by atoms with Gasteiger partial charge in [-0.1, -0.05) is 32.4 Å². The fraction of sp³-hybridized carbons (Fsp3) is 0.714. The minimum atomic E-state index is -0.450. The highest BCUT2D eigenvalue weighted by molar-refractivity contribution is 5.93. The van der Waals surface area contributed by atoms with Gasteiger partial charge in [0, 0.05) is 12.6 Å². The Labute approximate surface area is 212 Å². The molecule has 1 heterocycles. The Bertz CT molecular complexity index is 1210. The molecule has 2 aromatic rings. The lowest BCUT2D eigenvalue weighted by Crippen LogP contribution is -2.51. The van der Waals surface area contributed by atoms with E-state index in [9.17, 15) is 15.2 Å². The van der Waals surface area contributed by atoms with Crippen LogP contribution in [0.25, 0.3) is 11.0 Å². The lowest BCUT2D eigenvalue weighted by molar-refractivity contribution is -0.383. The Balaban J connectivity index is 1.18. The number of non-ortho nitro benzene ring substituents is 1. The van der Waals surface area contributed by atoms with E-state index in [2.05, 4.69) is 42.5 Å². The van der Waals surface area contributed by atoms with Gasteiger partial charge in [0.2, 0.25) is 5.52 Å². The maximum Gasteiger partial charge on any atom is 0.300 e. The van der Waals surface area contributed by atoms with Crippen LogP contribution >= 0.6 is 0 Å². The van der Waals surface area contributed by atoms with E-state index in [1.807, 2.05) is 0 Å². The molecule has 0 unspecified atom stereocenters. The van der Waals surface area contributed by atoms with Crippen LogP contribution in [0.5, 0.6) is 0 Å². The number of anilines is 1. The van der Waals surface area contributed by atoms with Crippen LogP contribution in [-0.4, -0.2) is 33.0 Å². The molecule has 1 aromatic heterocycles. The number of aliphatic hydroxyl groups excluding tert-OH is 1. The predicted molar refractivity (Wildman–Crippen MR) is 137 cm³/mol. The zero-order valence-electron chi connectivity index (χ0n) is 21.6. The molecular formula is C28H38N4O4. The maximum atomic E-state index is 11.3. The number of nitro groups is 1. The van der Waals surface area contributed by atoms with Crippen molar-refractivity contribution in [3.8, 4) is 0 Å². The standard InChI is InChI=1S/C28H38N4O4/c1-16(15-29-23-8-9-24(32(34)35)26-25(23)30-36-31-26)20-6-7-21-19-5-4-17-14-18(33)10-12-27(17,2)22(19)11-13-28(20,21)3/h4,8-9,16,18-22,29,33H,5-7,10-15H2,1-3H3/t16-,18-,19-,20+,21-,22-,27-,28+/m0/s1. The van der Waals surface area contributed by atoms with Crippen LogP contribution in [0.2, 0.25) is 0 Å². The molecule has 8 nitrogen and oxygen atoms in total. The quantitative estimate of drug-likeness (QED) is 0.292. The van der Waals surface area contributed by atoms with Crippen LogP contribution in [0.1, 0.15) is 72.1 Å². The van der Waals surface area contributed by atoms with Crippen molar-refractivity contribution in [2.75, 3.05) is 11.9 Å². The number of nitrogens with one attached hydrogen (secondary N) is 1. The Kier molecular flexibility index (Phi) is 5.67. The number of allylic oxidation sites excluding steroid dienone is 1. The minimum absolute atomic E-state index is 0.0846. The highest BCUT2D eigenvalue weighted by atomic mass is 16.6. The van der Waals surface area contributed by atoms with Crippen molar-refractivity contribution in [1.82, 2.24) is 10.3 Å². The molecule has 0 spiro atoms. The summed E-state index contributed by atoms with van der Waals surface area (Å²) in [6.45, 7) is 8.19. The van der Waals surface area contributed by atoms with Crippen LogP contribution in [0.4, 0.5) is 11.4 Å². The van der Waals surface area contributed by atoms with Crippen molar-refractivity contribution >= 4 is 22.4 Å². The SMILES string of the molecule is C[C@@H](CNc1ccc([N+](=O)[O-])c2nonc12)[C@H]1CC[C@H]2[C@@H]3CC=C4C[C@@H](O)CC[C@]4(C)[C@H]3CC[C@]12C. The summed E-state index contributed by atoms with van der Waals surface area (Å²) in [5.41, 5.74) is 3.43. The number of aromatic nitrogens is 2. The van der Waals surface area contributed by atoms with Crippen LogP contribution in [0.15, 0.2) is 28.4 Å². The van der Waals surface area contributed by atoms with Crippen LogP contribution in [-0.2, 0) is 0 Å². The number of nitrogens with zero attached hydrogens (tertiary/aromatic N) is 3. The highest BCUT2D eigenvalue weighted by Crippen LogP contribution is 2.67. The summed E-state index contributed by atoms with van der Waals surface area (Å²) in [6, 6.07) is 3.19. The van der Waals surface area contributed by atoms with E-state index in [-0.39, 0.29) is 22.7 Å². The zero-order valence-corrected chi connectivity index (χ0v) is 21.6. The average Bonchev–Trinajstić information content (AvgIpc) is 3.47. The van der Waals surface area contributed by atoms with E-state index in [1.165, 1.54) is 43.7 Å². The molecule has 0 bridgehead atoms. The van der Waals surface area contributed by atoms with Gasteiger partial charge in [0.25, 0.3) is 0 Å². The lowest BCUT2D eigenvalue weighted by Gasteiger charge is -2.58. The number of rotatable bonds is 5. The fourth-order valence-electron chi connectivity index (χ4n) is 9.17. The summed E-state index contributed by atoms with van der Waals surface area (Å²) in [5.74, 6) is 3.38. The molecule has 4 aliphatic rings.